The summed E-state index contributed by atoms with van der Waals surface area (Å²) in [6.07, 6.45) is 0.438. The van der Waals surface area contributed by atoms with Gasteiger partial charge < -0.3 is 15.5 Å². The van der Waals surface area contributed by atoms with E-state index in [0.717, 1.165) is 0 Å². The maximum Gasteiger partial charge on any atom is 0.211 e. The molecule has 0 atom stereocenters. The van der Waals surface area contributed by atoms with Crippen molar-refractivity contribution in [3.8, 4) is 11.5 Å². The molecule has 4 heteroatoms. The molecule has 0 radical (unpaired) electrons. The number of anilines is 1. The maximum atomic E-state index is 10.0. The number of amides is 1. The molecule has 0 saturated heterocycles. The van der Waals surface area contributed by atoms with Gasteiger partial charge in [0.2, 0.25) is 6.41 Å². The molecule has 0 aromatic heterocycles. The molecule has 0 aliphatic carbocycles. The van der Waals surface area contributed by atoms with Gasteiger partial charge in [-0.25, -0.2) is 0 Å². The number of rotatable bonds is 2. The number of hydrogen-bond acceptors (Lipinski definition) is 3. The van der Waals surface area contributed by atoms with Crippen molar-refractivity contribution >= 4 is 12.1 Å². The second-order valence-electron chi connectivity index (χ2n) is 2.42. The van der Waals surface area contributed by atoms with Gasteiger partial charge in [-0.15, -0.1) is 0 Å². The molecular formula is C8H9NO3. The highest BCUT2D eigenvalue weighted by Crippen LogP contribution is 2.30. The summed E-state index contributed by atoms with van der Waals surface area (Å²) in [7, 11) is 0. The smallest absolute Gasteiger partial charge is 0.211 e. The molecule has 1 aromatic rings. The van der Waals surface area contributed by atoms with E-state index in [1.807, 2.05) is 0 Å². The number of carbonyl (C=O) groups is 1. The number of benzene rings is 1. The van der Waals surface area contributed by atoms with E-state index in [0.29, 0.717) is 12.0 Å². The van der Waals surface area contributed by atoms with Gasteiger partial charge in [0, 0.05) is 6.07 Å². The molecule has 0 spiro atoms. The van der Waals surface area contributed by atoms with Crippen LogP contribution in [0.2, 0.25) is 0 Å². The molecule has 0 aliphatic heterocycles. The van der Waals surface area contributed by atoms with Crippen molar-refractivity contribution in [3.05, 3.63) is 17.7 Å². The number of phenols is 2. The van der Waals surface area contributed by atoms with E-state index < -0.39 is 0 Å². The van der Waals surface area contributed by atoms with E-state index >= 15 is 0 Å². The van der Waals surface area contributed by atoms with Crippen LogP contribution < -0.4 is 5.32 Å². The van der Waals surface area contributed by atoms with Crippen molar-refractivity contribution in [2.45, 2.75) is 6.92 Å². The molecule has 0 unspecified atom stereocenters. The van der Waals surface area contributed by atoms with Crippen LogP contribution in [0.15, 0.2) is 12.1 Å². The summed E-state index contributed by atoms with van der Waals surface area (Å²) in [6, 6.07) is 2.68. The van der Waals surface area contributed by atoms with Gasteiger partial charge >= 0.3 is 0 Å². The van der Waals surface area contributed by atoms with E-state index in [-0.39, 0.29) is 17.2 Å². The van der Waals surface area contributed by atoms with Crippen LogP contribution in [0, 0.1) is 6.92 Å². The van der Waals surface area contributed by atoms with E-state index in [9.17, 15) is 9.90 Å². The lowest BCUT2D eigenvalue weighted by Crippen LogP contribution is -1.94. The fraction of sp³-hybridized carbons (Fsp3) is 0.125. The highest BCUT2D eigenvalue weighted by atomic mass is 16.3. The maximum absolute atomic E-state index is 10.0. The molecule has 4 nitrogen and oxygen atoms in total. The van der Waals surface area contributed by atoms with Gasteiger partial charge in [-0.05, 0) is 18.6 Å². The average Bonchev–Trinajstić information content (AvgIpc) is 2.00. The van der Waals surface area contributed by atoms with E-state index in [4.69, 9.17) is 5.11 Å². The molecule has 0 saturated carbocycles. The highest BCUT2D eigenvalue weighted by Gasteiger charge is 2.04. The van der Waals surface area contributed by atoms with Gasteiger partial charge in [0.1, 0.15) is 11.5 Å². The van der Waals surface area contributed by atoms with Gasteiger partial charge in [0.05, 0.1) is 5.69 Å². The Kier molecular flexibility index (Phi) is 2.19. The van der Waals surface area contributed by atoms with Crippen LogP contribution in [0.4, 0.5) is 5.69 Å². The normalized spacial score (nSPS) is 9.42. The first kappa shape index (κ1) is 8.39. The monoisotopic (exact) mass is 167 g/mol. The van der Waals surface area contributed by atoms with Crippen LogP contribution in [0.1, 0.15) is 5.56 Å². The summed E-state index contributed by atoms with van der Waals surface area (Å²) in [5.74, 6) is -0.0189. The number of carbonyl (C=O) groups excluding carboxylic acids is 1. The minimum atomic E-state index is -0.0279. The summed E-state index contributed by atoms with van der Waals surface area (Å²) in [5, 5.41) is 20.7. The lowest BCUT2D eigenvalue weighted by molar-refractivity contribution is -0.105. The Morgan fingerprint density at radius 2 is 2.08 bits per heavy atom. The van der Waals surface area contributed by atoms with Gasteiger partial charge in [-0.3, -0.25) is 4.79 Å². The Morgan fingerprint density at radius 3 is 2.67 bits per heavy atom. The summed E-state index contributed by atoms with van der Waals surface area (Å²) in [6.45, 7) is 1.63. The van der Waals surface area contributed by atoms with Gasteiger partial charge in [0.15, 0.2) is 0 Å². The third-order valence-corrected chi connectivity index (χ3v) is 1.50. The molecule has 0 bridgehead atoms. The van der Waals surface area contributed by atoms with E-state index in [1.165, 1.54) is 12.1 Å². The largest absolute Gasteiger partial charge is 0.508 e. The minimum Gasteiger partial charge on any atom is -0.508 e. The minimum absolute atomic E-state index is 0.00894. The molecule has 1 aromatic carbocycles. The van der Waals surface area contributed by atoms with Crippen LogP contribution in [0.5, 0.6) is 11.5 Å². The topological polar surface area (TPSA) is 69.6 Å². The Bertz CT molecular complexity index is 309. The van der Waals surface area contributed by atoms with Crippen LogP contribution in [0.25, 0.3) is 0 Å². The number of aryl methyl sites for hydroxylation is 1. The van der Waals surface area contributed by atoms with Crippen molar-refractivity contribution in [2.75, 3.05) is 5.32 Å². The third kappa shape index (κ3) is 1.47. The summed E-state index contributed by atoms with van der Waals surface area (Å²) >= 11 is 0. The van der Waals surface area contributed by atoms with Crippen LogP contribution in [-0.2, 0) is 4.79 Å². The van der Waals surface area contributed by atoms with Crippen LogP contribution in [0.3, 0.4) is 0 Å². The van der Waals surface area contributed by atoms with Crippen molar-refractivity contribution < 1.29 is 15.0 Å². The summed E-state index contributed by atoms with van der Waals surface area (Å²) < 4.78 is 0. The zero-order chi connectivity index (χ0) is 9.14. The van der Waals surface area contributed by atoms with E-state index in [2.05, 4.69) is 5.32 Å². The predicted molar refractivity (Wildman–Crippen MR) is 44.2 cm³/mol. The van der Waals surface area contributed by atoms with Crippen LogP contribution in [-0.4, -0.2) is 16.6 Å². The summed E-state index contributed by atoms with van der Waals surface area (Å²) in [5.41, 5.74) is 0.724. The van der Waals surface area contributed by atoms with Gasteiger partial charge in [0.25, 0.3) is 0 Å². The Balaban J connectivity index is 3.17. The van der Waals surface area contributed by atoms with Crippen molar-refractivity contribution in [2.24, 2.45) is 0 Å². The number of nitrogens with one attached hydrogen (secondary N) is 1. The first-order chi connectivity index (χ1) is 5.65. The first-order valence-corrected chi connectivity index (χ1v) is 3.38. The molecule has 64 valence electrons. The average molecular weight is 167 g/mol. The predicted octanol–water partition coefficient (Wildman–Crippen LogP) is 0.975. The number of hydrogen-bond donors (Lipinski definition) is 3. The molecule has 0 heterocycles. The third-order valence-electron chi connectivity index (χ3n) is 1.50. The molecule has 12 heavy (non-hydrogen) atoms. The zero-order valence-corrected chi connectivity index (χ0v) is 6.53. The first-order valence-electron chi connectivity index (χ1n) is 3.38. The summed E-state index contributed by atoms with van der Waals surface area (Å²) in [4.78, 5) is 10.0. The lowest BCUT2D eigenvalue weighted by Gasteiger charge is -2.05. The van der Waals surface area contributed by atoms with Crippen LogP contribution >= 0.6 is 0 Å². The fourth-order valence-corrected chi connectivity index (χ4v) is 0.934. The van der Waals surface area contributed by atoms with Crippen molar-refractivity contribution in [3.63, 3.8) is 0 Å². The SMILES string of the molecule is Cc1cc(O)cc(NC=O)c1O. The zero-order valence-electron chi connectivity index (χ0n) is 6.53. The molecule has 1 rings (SSSR count). The Hall–Kier alpha value is -1.71. The highest BCUT2D eigenvalue weighted by molar-refractivity contribution is 5.77. The van der Waals surface area contributed by atoms with Gasteiger partial charge in [-0.1, -0.05) is 0 Å². The molecule has 1 amide bonds. The van der Waals surface area contributed by atoms with E-state index in [1.54, 1.807) is 6.92 Å². The Labute approximate surface area is 69.5 Å². The lowest BCUT2D eigenvalue weighted by atomic mass is 10.2. The second kappa shape index (κ2) is 3.13. The van der Waals surface area contributed by atoms with Gasteiger partial charge in [-0.2, -0.15) is 0 Å². The standard InChI is InChI=1S/C8H9NO3/c1-5-2-6(11)3-7(8(5)12)9-4-10/h2-4,11-12H,1H3,(H,9,10). The molecule has 0 aliphatic rings. The van der Waals surface area contributed by atoms with Crippen molar-refractivity contribution in [1.82, 2.24) is 0 Å². The van der Waals surface area contributed by atoms with Crippen molar-refractivity contribution in [1.29, 1.82) is 0 Å². The fourth-order valence-electron chi connectivity index (χ4n) is 0.934. The molecule has 3 N–H and O–H groups in total. The molecular weight excluding hydrogens is 158 g/mol. The quantitative estimate of drug-likeness (QED) is 0.349. The Morgan fingerprint density at radius 1 is 1.42 bits per heavy atom. The number of aromatic hydroxyl groups is 2. The number of phenolic OH excluding ortho intramolecular Hbond substituents is 2. The second-order valence-corrected chi connectivity index (χ2v) is 2.42. The molecule has 0 fully saturated rings.